The lowest BCUT2D eigenvalue weighted by atomic mass is 10.1. The maximum absolute atomic E-state index is 14.8. The zero-order valence-corrected chi connectivity index (χ0v) is 20.2. The van der Waals surface area contributed by atoms with Crippen LogP contribution in [0.15, 0.2) is 41.3 Å². The van der Waals surface area contributed by atoms with Crippen LogP contribution in [0.3, 0.4) is 0 Å². The van der Waals surface area contributed by atoms with Crippen LogP contribution in [0, 0.1) is 5.82 Å². The van der Waals surface area contributed by atoms with Crippen molar-refractivity contribution in [3.8, 4) is 0 Å². The Labute approximate surface area is 194 Å². The Kier molecular flexibility index (Phi) is 11.1. The molecule has 31 heavy (non-hydrogen) atoms. The highest BCUT2D eigenvalue weighted by Gasteiger charge is 2.20. The summed E-state index contributed by atoms with van der Waals surface area (Å²) in [5.41, 5.74) is 6.89. The van der Waals surface area contributed by atoms with Crippen molar-refractivity contribution < 1.29 is 9.23 Å². The molecule has 2 aliphatic heterocycles. The molecule has 2 heterocycles. The van der Waals surface area contributed by atoms with Gasteiger partial charge in [0.05, 0.1) is 0 Å². The molecule has 3 N–H and O–H groups in total. The number of amidine groups is 1. The number of halogens is 2. The molecule has 1 aromatic carbocycles. The van der Waals surface area contributed by atoms with E-state index in [1.54, 1.807) is 6.07 Å². The van der Waals surface area contributed by atoms with E-state index < -0.39 is 5.82 Å². The third-order valence-electron chi connectivity index (χ3n) is 4.91. The first-order chi connectivity index (χ1) is 15.1. The second-order valence-electron chi connectivity index (χ2n) is 7.05. The highest BCUT2D eigenvalue weighted by Crippen LogP contribution is 2.26. The molecule has 0 saturated carbocycles. The Bertz CT molecular complexity index is 771. The molecule has 8 heteroatoms. The summed E-state index contributed by atoms with van der Waals surface area (Å²) in [6, 6.07) is 3.03. The van der Waals surface area contributed by atoms with Crippen LogP contribution in [0.5, 0.6) is 0 Å². The molecule has 0 spiro atoms. The van der Waals surface area contributed by atoms with Crippen molar-refractivity contribution in [2.45, 2.75) is 52.7 Å². The summed E-state index contributed by atoms with van der Waals surface area (Å²) in [7, 11) is 0. The van der Waals surface area contributed by atoms with Crippen LogP contribution in [0.25, 0.3) is 0 Å². The first-order valence-corrected chi connectivity index (χ1v) is 12.5. The van der Waals surface area contributed by atoms with Crippen LogP contribution >= 0.6 is 23.4 Å². The van der Waals surface area contributed by atoms with E-state index >= 15 is 0 Å². The van der Waals surface area contributed by atoms with Gasteiger partial charge in [-0.15, -0.1) is 0 Å². The van der Waals surface area contributed by atoms with Crippen LogP contribution in [-0.2, 0) is 11.4 Å². The van der Waals surface area contributed by atoms with E-state index in [9.17, 15) is 4.39 Å². The first-order valence-electron chi connectivity index (χ1n) is 11.0. The topological polar surface area (TPSA) is 62.9 Å². The lowest BCUT2D eigenvalue weighted by Crippen LogP contribution is -2.22. The Balaban J connectivity index is 0.00000166. The Morgan fingerprint density at radius 1 is 1.39 bits per heavy atom. The Morgan fingerprint density at radius 2 is 2.13 bits per heavy atom. The fraction of sp³-hybridized carbons (Fsp3) is 0.522. The smallest absolute Gasteiger partial charge is 0.170 e. The zero-order valence-electron chi connectivity index (χ0n) is 18.7. The van der Waals surface area contributed by atoms with E-state index in [1.807, 2.05) is 37.8 Å². The number of thioether (sulfide) groups is 1. The van der Waals surface area contributed by atoms with Crippen LogP contribution in [0.4, 0.5) is 4.39 Å². The summed E-state index contributed by atoms with van der Waals surface area (Å²) in [4.78, 5) is 7.61. The molecular formula is C23H34ClFN4OS. The normalized spacial score (nSPS) is 18.8. The summed E-state index contributed by atoms with van der Waals surface area (Å²) in [6.07, 6.45) is 9.02. The standard InChI is InChI=1S/C21H28ClFN4OS.C2H6/c1-2-3-4-5-20-25-8-9-27(20)14-17-18(22)12-15(13-19(17)23)21(24)26-28-16-6-10-29-11-7-16;1-2/h3-5,12-13,16,25H,2,6-11,14H2,1H3,(H2,24,26);1-2H3/b4-3+,20-5+;. The van der Waals surface area contributed by atoms with Crippen molar-refractivity contribution in [1.82, 2.24) is 10.2 Å². The predicted molar refractivity (Wildman–Crippen MR) is 131 cm³/mol. The minimum atomic E-state index is -0.393. The lowest BCUT2D eigenvalue weighted by molar-refractivity contribution is 0.0534. The molecule has 0 aliphatic carbocycles. The van der Waals surface area contributed by atoms with Crippen LogP contribution in [-0.4, -0.2) is 41.4 Å². The quantitative estimate of drug-likeness (QED) is 0.325. The highest BCUT2D eigenvalue weighted by atomic mass is 35.5. The molecule has 0 bridgehead atoms. The molecular weight excluding hydrogens is 435 g/mol. The molecule has 3 rings (SSSR count). The number of rotatable bonds is 7. The maximum atomic E-state index is 14.8. The van der Waals surface area contributed by atoms with E-state index in [0.717, 1.165) is 49.7 Å². The third-order valence-corrected chi connectivity index (χ3v) is 6.29. The minimum Gasteiger partial charge on any atom is -0.391 e. The van der Waals surface area contributed by atoms with Gasteiger partial charge < -0.3 is 20.8 Å². The van der Waals surface area contributed by atoms with Gasteiger partial charge in [-0.3, -0.25) is 0 Å². The van der Waals surface area contributed by atoms with Gasteiger partial charge in [0.25, 0.3) is 0 Å². The Hall–Kier alpha value is -1.86. The van der Waals surface area contributed by atoms with Gasteiger partial charge in [0.1, 0.15) is 17.7 Å². The minimum absolute atomic E-state index is 0.0732. The van der Waals surface area contributed by atoms with Gasteiger partial charge in [-0.25, -0.2) is 4.39 Å². The summed E-state index contributed by atoms with van der Waals surface area (Å²) >= 11 is 8.32. The fourth-order valence-corrected chi connectivity index (χ4v) is 4.56. The Morgan fingerprint density at radius 3 is 2.81 bits per heavy atom. The summed E-state index contributed by atoms with van der Waals surface area (Å²) in [6.45, 7) is 8.08. The van der Waals surface area contributed by atoms with Crippen molar-refractivity contribution >= 4 is 29.2 Å². The van der Waals surface area contributed by atoms with Crippen molar-refractivity contribution in [1.29, 1.82) is 0 Å². The molecule has 0 aromatic heterocycles. The number of nitrogens with zero attached hydrogens (tertiary/aromatic N) is 2. The highest BCUT2D eigenvalue weighted by molar-refractivity contribution is 7.99. The number of benzene rings is 1. The third kappa shape index (κ3) is 7.65. The monoisotopic (exact) mass is 468 g/mol. The largest absolute Gasteiger partial charge is 0.391 e. The fourth-order valence-electron chi connectivity index (χ4n) is 3.23. The number of hydrogen-bond acceptors (Lipinski definition) is 5. The summed E-state index contributed by atoms with van der Waals surface area (Å²) in [5.74, 6) is 2.84. The van der Waals surface area contributed by atoms with Gasteiger partial charge in [0.15, 0.2) is 5.84 Å². The van der Waals surface area contributed by atoms with Crippen molar-refractivity contribution in [2.24, 2.45) is 10.9 Å². The van der Waals surface area contributed by atoms with Crippen LogP contribution < -0.4 is 11.1 Å². The van der Waals surface area contributed by atoms with Gasteiger partial charge in [-0.2, -0.15) is 11.8 Å². The van der Waals surface area contributed by atoms with E-state index in [1.165, 1.54) is 6.07 Å². The van der Waals surface area contributed by atoms with E-state index in [0.29, 0.717) is 22.7 Å². The number of hydrogen-bond donors (Lipinski definition) is 2. The van der Waals surface area contributed by atoms with Gasteiger partial charge in [-0.05, 0) is 49.0 Å². The van der Waals surface area contributed by atoms with Crippen LogP contribution in [0.1, 0.15) is 51.2 Å². The van der Waals surface area contributed by atoms with Gasteiger partial charge in [-0.1, -0.05) is 49.7 Å². The number of nitrogens with two attached hydrogens (primary N) is 1. The second kappa shape index (κ2) is 13.5. The van der Waals surface area contributed by atoms with Gasteiger partial charge in [0, 0.05) is 35.8 Å². The average Bonchev–Trinajstić information content (AvgIpc) is 3.23. The molecule has 0 atom stereocenters. The van der Waals surface area contributed by atoms with Crippen molar-refractivity contribution in [2.75, 3.05) is 24.6 Å². The predicted octanol–water partition coefficient (Wildman–Crippen LogP) is 5.25. The molecule has 1 aromatic rings. The molecule has 2 aliphatic rings. The van der Waals surface area contributed by atoms with E-state index in [4.69, 9.17) is 22.2 Å². The van der Waals surface area contributed by atoms with E-state index in [2.05, 4.69) is 28.4 Å². The van der Waals surface area contributed by atoms with Crippen LogP contribution in [0.2, 0.25) is 5.02 Å². The van der Waals surface area contributed by atoms with E-state index in [-0.39, 0.29) is 11.9 Å². The van der Waals surface area contributed by atoms with Gasteiger partial charge >= 0.3 is 0 Å². The number of nitrogens with one attached hydrogen (secondary N) is 1. The molecule has 172 valence electrons. The molecule has 5 nitrogen and oxygen atoms in total. The van der Waals surface area contributed by atoms with Gasteiger partial charge in [0.2, 0.25) is 0 Å². The van der Waals surface area contributed by atoms with Crippen molar-refractivity contribution in [3.05, 3.63) is 58.1 Å². The molecule has 0 radical (unpaired) electrons. The maximum Gasteiger partial charge on any atom is 0.170 e. The number of allylic oxidation sites excluding steroid dienone is 3. The number of oxime groups is 1. The van der Waals surface area contributed by atoms with Crippen molar-refractivity contribution in [3.63, 3.8) is 0 Å². The first kappa shape index (κ1) is 25.4. The SMILES string of the molecule is CC.CC/C=C/C=C1\NCCN1Cc1c(F)cc(/C(N)=N\OC2CCSCC2)cc1Cl. The molecule has 0 amide bonds. The summed E-state index contributed by atoms with van der Waals surface area (Å²) < 4.78 is 14.8. The second-order valence-corrected chi connectivity index (χ2v) is 8.68. The zero-order chi connectivity index (χ0) is 22.6. The molecule has 2 fully saturated rings. The summed E-state index contributed by atoms with van der Waals surface area (Å²) in [5, 5.41) is 7.66. The lowest BCUT2D eigenvalue weighted by Gasteiger charge is -2.21. The molecule has 2 saturated heterocycles. The average molecular weight is 469 g/mol. The molecule has 0 unspecified atom stereocenters.